The highest BCUT2D eigenvalue weighted by atomic mass is 16.5. The first-order valence-electron chi connectivity index (χ1n) is 7.41. The van der Waals surface area contributed by atoms with Crippen molar-refractivity contribution in [2.24, 2.45) is 5.92 Å². The predicted molar refractivity (Wildman–Crippen MR) is 78.6 cm³/mol. The van der Waals surface area contributed by atoms with Crippen molar-refractivity contribution in [3.05, 3.63) is 24.0 Å². The summed E-state index contributed by atoms with van der Waals surface area (Å²) in [5.74, 6) is 1.99. The molecule has 0 saturated carbocycles. The van der Waals surface area contributed by atoms with Crippen molar-refractivity contribution in [2.45, 2.75) is 46.5 Å². The number of hydrogen-bond acceptors (Lipinski definition) is 2. The lowest BCUT2D eigenvalue weighted by molar-refractivity contribution is 0.151. The summed E-state index contributed by atoms with van der Waals surface area (Å²) in [6.07, 6.45) is 11.3. The Morgan fingerprint density at radius 1 is 1.33 bits per heavy atom. The Morgan fingerprint density at radius 2 is 2.06 bits per heavy atom. The highest BCUT2D eigenvalue weighted by Gasteiger charge is 2.16. The molecule has 0 aromatic heterocycles. The summed E-state index contributed by atoms with van der Waals surface area (Å²) in [6.45, 7) is 10.9. The van der Waals surface area contributed by atoms with Crippen LogP contribution in [-0.4, -0.2) is 31.1 Å². The Morgan fingerprint density at radius 3 is 2.67 bits per heavy atom. The van der Waals surface area contributed by atoms with E-state index in [0.29, 0.717) is 0 Å². The van der Waals surface area contributed by atoms with E-state index in [4.69, 9.17) is 4.74 Å². The van der Waals surface area contributed by atoms with Crippen molar-refractivity contribution in [3.63, 3.8) is 0 Å². The third-order valence-corrected chi connectivity index (χ3v) is 3.76. The molecular formula is C16H29NO. The van der Waals surface area contributed by atoms with Crippen molar-refractivity contribution in [1.29, 1.82) is 0 Å². The summed E-state index contributed by atoms with van der Waals surface area (Å²) in [5, 5.41) is 0. The van der Waals surface area contributed by atoms with Gasteiger partial charge in [0.2, 0.25) is 0 Å². The van der Waals surface area contributed by atoms with Crippen molar-refractivity contribution < 1.29 is 4.74 Å². The van der Waals surface area contributed by atoms with E-state index in [-0.39, 0.29) is 0 Å². The Balaban J connectivity index is 2.05. The molecule has 1 saturated heterocycles. The quantitative estimate of drug-likeness (QED) is 0.385. The summed E-state index contributed by atoms with van der Waals surface area (Å²) in [5.41, 5.74) is 0. The van der Waals surface area contributed by atoms with Crippen LogP contribution in [0.15, 0.2) is 24.0 Å². The largest absolute Gasteiger partial charge is 0.498 e. The van der Waals surface area contributed by atoms with Crippen LogP contribution >= 0.6 is 0 Å². The van der Waals surface area contributed by atoms with Gasteiger partial charge in [-0.05, 0) is 58.2 Å². The van der Waals surface area contributed by atoms with Crippen molar-refractivity contribution in [3.8, 4) is 0 Å². The van der Waals surface area contributed by atoms with Crippen molar-refractivity contribution >= 4 is 0 Å². The lowest BCUT2D eigenvalue weighted by Crippen LogP contribution is -2.34. The molecule has 1 aliphatic rings. The standard InChI is InChI=1S/C16H29NO/c1-4-6-8-15(3)18-14-7-11-17-12-9-16(5-2)10-13-17/h4,6,8,16H,5,7,9-14H2,1-3H3/b6-4-,15-8+. The van der Waals surface area contributed by atoms with Gasteiger partial charge in [0.05, 0.1) is 12.4 Å². The fourth-order valence-corrected chi connectivity index (χ4v) is 2.42. The normalized spacial score (nSPS) is 19.6. The fourth-order valence-electron chi connectivity index (χ4n) is 2.42. The molecule has 1 aliphatic heterocycles. The molecule has 0 radical (unpaired) electrons. The molecule has 1 fully saturated rings. The van der Waals surface area contributed by atoms with Crippen LogP contribution in [0.25, 0.3) is 0 Å². The van der Waals surface area contributed by atoms with Gasteiger partial charge in [-0.2, -0.15) is 0 Å². The number of hydrogen-bond donors (Lipinski definition) is 0. The molecule has 104 valence electrons. The highest BCUT2D eigenvalue weighted by molar-refractivity contribution is 5.04. The monoisotopic (exact) mass is 251 g/mol. The molecule has 1 heterocycles. The van der Waals surface area contributed by atoms with Crippen LogP contribution in [0.5, 0.6) is 0 Å². The number of ether oxygens (including phenoxy) is 1. The zero-order valence-electron chi connectivity index (χ0n) is 12.3. The summed E-state index contributed by atoms with van der Waals surface area (Å²) in [4.78, 5) is 2.58. The molecule has 2 heteroatoms. The minimum Gasteiger partial charge on any atom is -0.498 e. The number of piperidine rings is 1. The van der Waals surface area contributed by atoms with Crippen LogP contribution in [0.2, 0.25) is 0 Å². The maximum atomic E-state index is 5.66. The second-order valence-corrected chi connectivity index (χ2v) is 5.20. The van der Waals surface area contributed by atoms with Crippen LogP contribution in [0.4, 0.5) is 0 Å². The van der Waals surface area contributed by atoms with Gasteiger partial charge < -0.3 is 9.64 Å². The lowest BCUT2D eigenvalue weighted by atomic mass is 9.94. The summed E-state index contributed by atoms with van der Waals surface area (Å²) in [6, 6.07) is 0. The maximum Gasteiger partial charge on any atom is 0.0928 e. The number of nitrogens with zero attached hydrogens (tertiary/aromatic N) is 1. The molecule has 0 aliphatic carbocycles. The average Bonchev–Trinajstić information content (AvgIpc) is 2.42. The van der Waals surface area contributed by atoms with Gasteiger partial charge >= 0.3 is 0 Å². The van der Waals surface area contributed by atoms with Gasteiger partial charge in [0, 0.05) is 6.54 Å². The Hall–Kier alpha value is -0.760. The maximum absolute atomic E-state index is 5.66. The van der Waals surface area contributed by atoms with E-state index in [2.05, 4.69) is 11.8 Å². The van der Waals surface area contributed by atoms with Gasteiger partial charge in [0.1, 0.15) is 0 Å². The summed E-state index contributed by atoms with van der Waals surface area (Å²) < 4.78 is 5.66. The van der Waals surface area contributed by atoms with E-state index >= 15 is 0 Å². The van der Waals surface area contributed by atoms with Gasteiger partial charge in [-0.3, -0.25) is 0 Å². The molecule has 0 spiro atoms. The molecule has 0 unspecified atom stereocenters. The van der Waals surface area contributed by atoms with Crippen molar-refractivity contribution in [2.75, 3.05) is 26.2 Å². The molecule has 0 aromatic carbocycles. The first-order chi connectivity index (χ1) is 8.76. The molecule has 0 aromatic rings. The first kappa shape index (κ1) is 15.3. The van der Waals surface area contributed by atoms with Gasteiger partial charge in [-0.25, -0.2) is 0 Å². The average molecular weight is 251 g/mol. The molecule has 0 amide bonds. The fraction of sp³-hybridized carbons (Fsp3) is 0.750. The Labute approximate surface area is 113 Å². The summed E-state index contributed by atoms with van der Waals surface area (Å²) >= 11 is 0. The highest BCUT2D eigenvalue weighted by Crippen LogP contribution is 2.19. The Bertz CT molecular complexity index is 262. The molecule has 0 atom stereocenters. The Kier molecular flexibility index (Phi) is 7.83. The minimum atomic E-state index is 0.841. The van der Waals surface area contributed by atoms with Gasteiger partial charge in [0.15, 0.2) is 0 Å². The molecule has 18 heavy (non-hydrogen) atoms. The van der Waals surface area contributed by atoms with Crippen LogP contribution in [0.3, 0.4) is 0 Å². The zero-order valence-corrected chi connectivity index (χ0v) is 12.3. The zero-order chi connectivity index (χ0) is 13.2. The molecular weight excluding hydrogens is 222 g/mol. The number of allylic oxidation sites excluding steroid dienone is 4. The number of likely N-dealkylation sites (tertiary alicyclic amines) is 1. The minimum absolute atomic E-state index is 0.841. The molecule has 1 rings (SSSR count). The SMILES string of the molecule is C/C=C\C=C(/C)OCCCN1CCC(CC)CC1. The van der Waals surface area contributed by atoms with Crippen molar-refractivity contribution in [1.82, 2.24) is 4.90 Å². The van der Waals surface area contributed by atoms with E-state index in [0.717, 1.165) is 24.7 Å². The van der Waals surface area contributed by atoms with Crippen LogP contribution in [0.1, 0.15) is 46.5 Å². The second-order valence-electron chi connectivity index (χ2n) is 5.20. The van der Waals surface area contributed by atoms with Crippen LogP contribution in [0, 0.1) is 5.92 Å². The second kappa shape index (κ2) is 9.21. The molecule has 0 N–H and O–H groups in total. The van der Waals surface area contributed by atoms with Gasteiger partial charge in [0.25, 0.3) is 0 Å². The molecule has 2 nitrogen and oxygen atoms in total. The van der Waals surface area contributed by atoms with Crippen LogP contribution in [-0.2, 0) is 4.74 Å². The first-order valence-corrected chi connectivity index (χ1v) is 7.41. The third kappa shape index (κ3) is 6.25. The van der Waals surface area contributed by atoms with E-state index < -0.39 is 0 Å². The van der Waals surface area contributed by atoms with Gasteiger partial charge in [-0.1, -0.05) is 25.5 Å². The third-order valence-electron chi connectivity index (χ3n) is 3.76. The smallest absolute Gasteiger partial charge is 0.0928 e. The van der Waals surface area contributed by atoms with Gasteiger partial charge in [-0.15, -0.1) is 0 Å². The van der Waals surface area contributed by atoms with E-state index in [1.807, 2.05) is 32.1 Å². The predicted octanol–water partition coefficient (Wildman–Crippen LogP) is 4.00. The van der Waals surface area contributed by atoms with Crippen LogP contribution < -0.4 is 0 Å². The molecule has 0 bridgehead atoms. The lowest BCUT2D eigenvalue weighted by Gasteiger charge is -2.31. The van der Waals surface area contributed by atoms with E-state index in [9.17, 15) is 0 Å². The number of rotatable bonds is 7. The topological polar surface area (TPSA) is 12.5 Å². The van der Waals surface area contributed by atoms with E-state index in [1.165, 1.54) is 38.9 Å². The summed E-state index contributed by atoms with van der Waals surface area (Å²) in [7, 11) is 0. The van der Waals surface area contributed by atoms with E-state index in [1.54, 1.807) is 0 Å².